The van der Waals surface area contributed by atoms with Crippen LogP contribution in [0, 0.1) is 18.8 Å². The van der Waals surface area contributed by atoms with Gasteiger partial charge in [-0.2, -0.15) is 0 Å². The van der Waals surface area contributed by atoms with Gasteiger partial charge in [0.15, 0.2) is 5.96 Å². The summed E-state index contributed by atoms with van der Waals surface area (Å²) in [7, 11) is 1.91. The molecule has 170 valence electrons. The van der Waals surface area contributed by atoms with E-state index in [0.29, 0.717) is 5.92 Å². The van der Waals surface area contributed by atoms with Crippen LogP contribution in [0.2, 0.25) is 0 Å². The van der Waals surface area contributed by atoms with Crippen LogP contribution in [-0.2, 0) is 4.74 Å². The number of nitrogens with one attached hydrogen (secondary N) is 1. The van der Waals surface area contributed by atoms with Crippen molar-refractivity contribution in [1.29, 1.82) is 0 Å². The molecule has 6 heteroatoms. The first-order valence-electron chi connectivity index (χ1n) is 11.5. The van der Waals surface area contributed by atoms with Gasteiger partial charge in [-0.25, -0.2) is 0 Å². The molecule has 0 aliphatic carbocycles. The molecule has 3 atom stereocenters. The number of rotatable bonds is 7. The molecule has 1 aromatic carbocycles. The van der Waals surface area contributed by atoms with Gasteiger partial charge in [0.25, 0.3) is 0 Å². The van der Waals surface area contributed by atoms with Gasteiger partial charge in [-0.1, -0.05) is 43.7 Å². The molecule has 2 aliphatic heterocycles. The number of halogens is 1. The van der Waals surface area contributed by atoms with Crippen LogP contribution in [0.3, 0.4) is 0 Å². The highest BCUT2D eigenvalue weighted by atomic mass is 127. The van der Waals surface area contributed by atoms with Crippen molar-refractivity contribution in [2.75, 3.05) is 52.9 Å². The molecule has 0 aromatic heterocycles. The van der Waals surface area contributed by atoms with Gasteiger partial charge in [0.2, 0.25) is 0 Å². The molecule has 0 saturated carbocycles. The SMILES string of the molecule is CCN(CC)CC1CCN(C(=NC)NCC2CCCOC2c2ccc(C)cc2)C1.I. The number of hydrogen-bond acceptors (Lipinski definition) is 3. The predicted octanol–water partition coefficient (Wildman–Crippen LogP) is 4.32. The van der Waals surface area contributed by atoms with Gasteiger partial charge in [-0.05, 0) is 50.8 Å². The van der Waals surface area contributed by atoms with Crippen LogP contribution in [-0.4, -0.2) is 68.7 Å². The van der Waals surface area contributed by atoms with Gasteiger partial charge in [0.1, 0.15) is 0 Å². The Bertz CT molecular complexity index is 647. The Balaban J connectivity index is 0.00000320. The van der Waals surface area contributed by atoms with Crippen molar-refractivity contribution in [3.05, 3.63) is 35.4 Å². The first kappa shape index (κ1) is 25.4. The molecule has 30 heavy (non-hydrogen) atoms. The lowest BCUT2D eigenvalue weighted by Crippen LogP contribution is -2.44. The standard InChI is InChI=1S/C24H40N4O.HI/c1-5-27(6-2)17-20-13-14-28(18-20)24(25-4)26-16-22-8-7-15-29-23(22)21-11-9-19(3)10-12-21;/h9-12,20,22-23H,5-8,13-18H2,1-4H3,(H,25,26);1H. The molecule has 2 heterocycles. The van der Waals surface area contributed by atoms with E-state index >= 15 is 0 Å². The second-order valence-electron chi connectivity index (χ2n) is 8.62. The van der Waals surface area contributed by atoms with E-state index in [1.54, 1.807) is 0 Å². The van der Waals surface area contributed by atoms with Crippen LogP contribution in [0.5, 0.6) is 0 Å². The molecule has 0 bridgehead atoms. The predicted molar refractivity (Wildman–Crippen MR) is 137 cm³/mol. The number of likely N-dealkylation sites (tertiary alicyclic amines) is 1. The third-order valence-corrected chi connectivity index (χ3v) is 6.58. The molecule has 2 aliphatic rings. The average molecular weight is 529 g/mol. The Hall–Kier alpha value is -0.860. The summed E-state index contributed by atoms with van der Waals surface area (Å²) in [4.78, 5) is 9.58. The summed E-state index contributed by atoms with van der Waals surface area (Å²) in [6, 6.07) is 8.84. The minimum Gasteiger partial charge on any atom is -0.373 e. The monoisotopic (exact) mass is 528 g/mol. The molecular weight excluding hydrogens is 487 g/mol. The average Bonchev–Trinajstić information content (AvgIpc) is 3.22. The van der Waals surface area contributed by atoms with Gasteiger partial charge < -0.3 is 19.9 Å². The summed E-state index contributed by atoms with van der Waals surface area (Å²) >= 11 is 0. The molecule has 0 radical (unpaired) electrons. The Kier molecular flexibility index (Phi) is 10.9. The van der Waals surface area contributed by atoms with Crippen molar-refractivity contribution in [3.8, 4) is 0 Å². The third kappa shape index (κ3) is 6.82. The molecular formula is C24H41IN4O. The van der Waals surface area contributed by atoms with Crippen LogP contribution in [0.25, 0.3) is 0 Å². The highest BCUT2D eigenvalue weighted by Crippen LogP contribution is 2.33. The lowest BCUT2D eigenvalue weighted by atomic mass is 9.89. The first-order chi connectivity index (χ1) is 14.1. The fraction of sp³-hybridized carbons (Fsp3) is 0.708. The Morgan fingerprint density at radius 1 is 1.20 bits per heavy atom. The zero-order chi connectivity index (χ0) is 20.6. The van der Waals surface area contributed by atoms with E-state index in [0.717, 1.165) is 57.6 Å². The zero-order valence-corrected chi connectivity index (χ0v) is 21.6. The zero-order valence-electron chi connectivity index (χ0n) is 19.3. The number of aliphatic imine (C=N–C) groups is 1. The maximum Gasteiger partial charge on any atom is 0.193 e. The number of aryl methyl sites for hydroxylation is 1. The van der Waals surface area contributed by atoms with Crippen LogP contribution < -0.4 is 5.32 Å². The van der Waals surface area contributed by atoms with Gasteiger partial charge >= 0.3 is 0 Å². The van der Waals surface area contributed by atoms with Crippen molar-refractivity contribution >= 4 is 29.9 Å². The van der Waals surface area contributed by atoms with Crippen molar-refractivity contribution in [3.63, 3.8) is 0 Å². The maximum absolute atomic E-state index is 6.19. The Morgan fingerprint density at radius 3 is 2.60 bits per heavy atom. The fourth-order valence-corrected chi connectivity index (χ4v) is 4.75. The second kappa shape index (κ2) is 12.9. The molecule has 3 rings (SSSR count). The second-order valence-corrected chi connectivity index (χ2v) is 8.62. The molecule has 2 saturated heterocycles. The Morgan fingerprint density at radius 2 is 1.93 bits per heavy atom. The number of nitrogens with zero attached hydrogens (tertiary/aromatic N) is 3. The van der Waals surface area contributed by atoms with Crippen molar-refractivity contribution in [2.45, 2.75) is 46.1 Å². The summed E-state index contributed by atoms with van der Waals surface area (Å²) in [5.41, 5.74) is 2.60. The normalized spacial score (nSPS) is 24.8. The lowest BCUT2D eigenvalue weighted by molar-refractivity contribution is -0.0266. The van der Waals surface area contributed by atoms with Gasteiger partial charge in [0.05, 0.1) is 6.10 Å². The maximum atomic E-state index is 6.19. The van der Waals surface area contributed by atoms with E-state index in [-0.39, 0.29) is 30.1 Å². The molecule has 2 fully saturated rings. The summed E-state index contributed by atoms with van der Waals surface area (Å²) in [5, 5.41) is 3.68. The van der Waals surface area contributed by atoms with Crippen molar-refractivity contribution in [1.82, 2.24) is 15.1 Å². The van der Waals surface area contributed by atoms with Crippen LogP contribution >= 0.6 is 24.0 Å². The van der Waals surface area contributed by atoms with E-state index in [2.05, 4.69) is 65.1 Å². The van der Waals surface area contributed by atoms with E-state index in [1.165, 1.54) is 30.5 Å². The largest absolute Gasteiger partial charge is 0.373 e. The molecule has 1 N–H and O–H groups in total. The fourth-order valence-electron chi connectivity index (χ4n) is 4.75. The molecule has 0 amide bonds. The minimum atomic E-state index is 0. The van der Waals surface area contributed by atoms with Crippen LogP contribution in [0.15, 0.2) is 29.3 Å². The summed E-state index contributed by atoms with van der Waals surface area (Å²) in [6.07, 6.45) is 3.79. The topological polar surface area (TPSA) is 40.1 Å². The third-order valence-electron chi connectivity index (χ3n) is 6.58. The first-order valence-corrected chi connectivity index (χ1v) is 11.5. The van der Waals surface area contributed by atoms with E-state index in [9.17, 15) is 0 Å². The molecule has 5 nitrogen and oxygen atoms in total. The van der Waals surface area contributed by atoms with E-state index in [4.69, 9.17) is 4.74 Å². The number of ether oxygens (including phenoxy) is 1. The van der Waals surface area contributed by atoms with Crippen molar-refractivity contribution in [2.24, 2.45) is 16.8 Å². The van der Waals surface area contributed by atoms with Crippen LogP contribution in [0.1, 0.15) is 50.3 Å². The van der Waals surface area contributed by atoms with Gasteiger partial charge in [-0.15, -0.1) is 24.0 Å². The number of guanidine groups is 1. The lowest BCUT2D eigenvalue weighted by Gasteiger charge is -2.33. The van der Waals surface area contributed by atoms with Gasteiger partial charge in [-0.3, -0.25) is 4.99 Å². The number of hydrogen-bond donors (Lipinski definition) is 1. The Labute approximate surface area is 200 Å². The summed E-state index contributed by atoms with van der Waals surface area (Å²) in [6.45, 7) is 14.1. The molecule has 0 spiro atoms. The summed E-state index contributed by atoms with van der Waals surface area (Å²) < 4.78 is 6.19. The van der Waals surface area contributed by atoms with Gasteiger partial charge in [0, 0.05) is 45.8 Å². The van der Waals surface area contributed by atoms with E-state index < -0.39 is 0 Å². The molecule has 1 aromatic rings. The highest BCUT2D eigenvalue weighted by molar-refractivity contribution is 14.0. The number of benzene rings is 1. The van der Waals surface area contributed by atoms with Crippen molar-refractivity contribution < 1.29 is 4.74 Å². The quantitative estimate of drug-likeness (QED) is 0.325. The summed E-state index contributed by atoms with van der Waals surface area (Å²) in [5.74, 6) is 2.28. The van der Waals surface area contributed by atoms with E-state index in [1.807, 2.05) is 7.05 Å². The van der Waals surface area contributed by atoms with Crippen LogP contribution in [0.4, 0.5) is 0 Å². The highest BCUT2D eigenvalue weighted by Gasteiger charge is 2.30. The smallest absolute Gasteiger partial charge is 0.193 e. The minimum absolute atomic E-state index is 0. The molecule has 3 unspecified atom stereocenters.